The summed E-state index contributed by atoms with van der Waals surface area (Å²) in [5.74, 6) is -1.01. The van der Waals surface area contributed by atoms with Crippen molar-refractivity contribution in [2.45, 2.75) is 44.2 Å². The highest BCUT2D eigenvalue weighted by Crippen LogP contribution is 2.40. The Labute approximate surface area is 122 Å². The second-order valence-corrected chi connectivity index (χ2v) is 6.04. The molecule has 4 nitrogen and oxygen atoms in total. The highest BCUT2D eigenvalue weighted by molar-refractivity contribution is 5.94. The molecule has 3 rings (SSSR count). The minimum absolute atomic E-state index is 0.0590. The van der Waals surface area contributed by atoms with Gasteiger partial charge in [-0.1, -0.05) is 0 Å². The van der Waals surface area contributed by atoms with E-state index in [9.17, 15) is 14.0 Å². The van der Waals surface area contributed by atoms with E-state index in [0.717, 1.165) is 25.7 Å². The van der Waals surface area contributed by atoms with Crippen molar-refractivity contribution in [3.8, 4) is 0 Å². The van der Waals surface area contributed by atoms with Gasteiger partial charge in [0.2, 0.25) is 0 Å². The van der Waals surface area contributed by atoms with Gasteiger partial charge in [-0.15, -0.1) is 0 Å². The first-order valence-corrected chi connectivity index (χ1v) is 7.34. The van der Waals surface area contributed by atoms with Gasteiger partial charge in [0.05, 0.1) is 0 Å². The number of rotatable bonds is 3. The van der Waals surface area contributed by atoms with E-state index in [1.807, 2.05) is 4.90 Å². The second kappa shape index (κ2) is 5.47. The highest BCUT2D eigenvalue weighted by Gasteiger charge is 2.43. The van der Waals surface area contributed by atoms with E-state index < -0.39 is 5.97 Å². The molecule has 0 radical (unpaired) electrons. The predicted octanol–water partition coefficient (Wildman–Crippen LogP) is 2.68. The molecule has 2 saturated heterocycles. The summed E-state index contributed by atoms with van der Waals surface area (Å²) < 4.78 is 13.0. The molecule has 2 atom stereocenters. The summed E-state index contributed by atoms with van der Waals surface area (Å²) in [5, 5.41) is 8.92. The lowest BCUT2D eigenvalue weighted by Gasteiger charge is -2.38. The summed E-state index contributed by atoms with van der Waals surface area (Å²) in [7, 11) is 0. The summed E-state index contributed by atoms with van der Waals surface area (Å²) in [4.78, 5) is 25.3. The third kappa shape index (κ3) is 2.77. The maximum Gasteiger partial charge on any atom is 0.303 e. The Morgan fingerprint density at radius 3 is 2.24 bits per heavy atom. The Hall–Kier alpha value is -1.91. The van der Waals surface area contributed by atoms with Crippen LogP contribution in [-0.4, -0.2) is 34.0 Å². The molecule has 2 aliphatic heterocycles. The lowest BCUT2D eigenvalue weighted by Crippen LogP contribution is -2.46. The molecule has 1 aromatic rings. The number of nitrogens with zero attached hydrogens (tertiary/aromatic N) is 1. The van der Waals surface area contributed by atoms with Crippen LogP contribution in [0.2, 0.25) is 0 Å². The fourth-order valence-electron chi connectivity index (χ4n) is 3.78. The Morgan fingerprint density at radius 1 is 1.14 bits per heavy atom. The molecule has 1 aromatic carbocycles. The Bertz CT molecular complexity index is 543. The van der Waals surface area contributed by atoms with E-state index in [-0.39, 0.29) is 36.1 Å². The molecule has 0 aliphatic carbocycles. The number of carboxylic acids is 1. The summed E-state index contributed by atoms with van der Waals surface area (Å²) in [6.45, 7) is 0. The van der Waals surface area contributed by atoms with Gasteiger partial charge in [-0.25, -0.2) is 4.39 Å². The average molecular weight is 291 g/mol. The molecular formula is C16H18FNO3. The number of hydrogen-bond acceptors (Lipinski definition) is 2. The number of carbonyl (C=O) groups excluding carboxylic acids is 1. The summed E-state index contributed by atoms with van der Waals surface area (Å²) in [6.07, 6.45) is 3.58. The van der Waals surface area contributed by atoms with Crippen molar-refractivity contribution in [1.29, 1.82) is 0 Å². The van der Waals surface area contributed by atoms with Crippen molar-refractivity contribution in [1.82, 2.24) is 4.90 Å². The molecular weight excluding hydrogens is 273 g/mol. The first-order valence-electron chi connectivity index (χ1n) is 7.34. The fourth-order valence-corrected chi connectivity index (χ4v) is 3.78. The summed E-state index contributed by atoms with van der Waals surface area (Å²) in [5.41, 5.74) is 0.505. The number of carbonyl (C=O) groups is 2. The molecule has 0 aromatic heterocycles. The van der Waals surface area contributed by atoms with Gasteiger partial charge in [0.25, 0.3) is 5.91 Å². The number of amides is 1. The number of hydrogen-bond donors (Lipinski definition) is 1. The minimum Gasteiger partial charge on any atom is -0.481 e. The number of aliphatic carboxylic acids is 1. The molecule has 2 fully saturated rings. The molecule has 112 valence electrons. The van der Waals surface area contributed by atoms with E-state index in [1.54, 1.807) is 0 Å². The fraction of sp³-hybridized carbons (Fsp3) is 0.500. The zero-order chi connectivity index (χ0) is 15.0. The molecule has 2 aliphatic rings. The van der Waals surface area contributed by atoms with E-state index in [2.05, 4.69) is 0 Å². The molecule has 5 heteroatoms. The van der Waals surface area contributed by atoms with Gasteiger partial charge in [0.15, 0.2) is 0 Å². The zero-order valence-corrected chi connectivity index (χ0v) is 11.7. The van der Waals surface area contributed by atoms with Gasteiger partial charge in [-0.2, -0.15) is 0 Å². The number of piperidine rings is 1. The predicted molar refractivity (Wildman–Crippen MR) is 74.4 cm³/mol. The van der Waals surface area contributed by atoms with Crippen LogP contribution in [0.15, 0.2) is 24.3 Å². The quantitative estimate of drug-likeness (QED) is 0.931. The Kier molecular flexibility index (Phi) is 3.66. The van der Waals surface area contributed by atoms with E-state index in [4.69, 9.17) is 5.11 Å². The van der Waals surface area contributed by atoms with Crippen molar-refractivity contribution in [3.63, 3.8) is 0 Å². The van der Waals surface area contributed by atoms with Crippen LogP contribution < -0.4 is 0 Å². The number of halogens is 1. The number of benzene rings is 1. The van der Waals surface area contributed by atoms with Crippen LogP contribution in [0.5, 0.6) is 0 Å². The average Bonchev–Trinajstić information content (AvgIpc) is 2.70. The van der Waals surface area contributed by atoms with Crippen LogP contribution in [0.4, 0.5) is 4.39 Å². The van der Waals surface area contributed by atoms with Crippen LogP contribution in [0.3, 0.4) is 0 Å². The Morgan fingerprint density at radius 2 is 1.71 bits per heavy atom. The largest absolute Gasteiger partial charge is 0.481 e. The van der Waals surface area contributed by atoms with Crippen LogP contribution in [0, 0.1) is 11.7 Å². The molecule has 0 saturated carbocycles. The topological polar surface area (TPSA) is 57.6 Å². The molecule has 2 heterocycles. The third-order valence-corrected chi connectivity index (χ3v) is 4.62. The van der Waals surface area contributed by atoms with Crippen molar-refractivity contribution in [2.75, 3.05) is 0 Å². The SMILES string of the molecule is O=C(O)CC1CC2CCC(C1)N2C(=O)c1ccc(F)cc1. The summed E-state index contributed by atoms with van der Waals surface area (Å²) in [6, 6.07) is 5.88. The van der Waals surface area contributed by atoms with E-state index in [1.165, 1.54) is 24.3 Å². The standard InChI is InChI=1S/C16H18FNO3/c17-12-3-1-11(2-4-12)16(21)18-13-5-6-14(18)8-10(7-13)9-15(19)20/h1-4,10,13-14H,5-9H2,(H,19,20). The zero-order valence-electron chi connectivity index (χ0n) is 11.7. The van der Waals surface area contributed by atoms with Crippen molar-refractivity contribution >= 4 is 11.9 Å². The molecule has 2 bridgehead atoms. The number of carboxylic acid groups (broad SMARTS) is 1. The summed E-state index contributed by atoms with van der Waals surface area (Å²) >= 11 is 0. The lowest BCUT2D eigenvalue weighted by atomic mass is 9.88. The van der Waals surface area contributed by atoms with Gasteiger partial charge < -0.3 is 10.0 Å². The molecule has 0 spiro atoms. The van der Waals surface area contributed by atoms with Crippen LogP contribution >= 0.6 is 0 Å². The normalized spacial score (nSPS) is 27.7. The highest BCUT2D eigenvalue weighted by atomic mass is 19.1. The van der Waals surface area contributed by atoms with Crippen LogP contribution in [-0.2, 0) is 4.79 Å². The third-order valence-electron chi connectivity index (χ3n) is 4.62. The number of fused-ring (bicyclic) bond motifs is 2. The second-order valence-electron chi connectivity index (χ2n) is 6.04. The van der Waals surface area contributed by atoms with Gasteiger partial charge in [-0.05, 0) is 55.9 Å². The van der Waals surface area contributed by atoms with Crippen molar-refractivity contribution in [2.24, 2.45) is 5.92 Å². The van der Waals surface area contributed by atoms with Crippen LogP contribution in [0.1, 0.15) is 42.5 Å². The lowest BCUT2D eigenvalue weighted by molar-refractivity contribution is -0.138. The van der Waals surface area contributed by atoms with Gasteiger partial charge in [-0.3, -0.25) is 9.59 Å². The van der Waals surface area contributed by atoms with Gasteiger partial charge in [0, 0.05) is 24.1 Å². The monoisotopic (exact) mass is 291 g/mol. The van der Waals surface area contributed by atoms with E-state index >= 15 is 0 Å². The van der Waals surface area contributed by atoms with Gasteiger partial charge in [0.1, 0.15) is 5.82 Å². The molecule has 21 heavy (non-hydrogen) atoms. The smallest absolute Gasteiger partial charge is 0.303 e. The maximum atomic E-state index is 13.0. The minimum atomic E-state index is -0.766. The molecule has 1 N–H and O–H groups in total. The first kappa shape index (κ1) is 14.0. The maximum absolute atomic E-state index is 13.0. The first-order chi connectivity index (χ1) is 10.0. The van der Waals surface area contributed by atoms with E-state index in [0.29, 0.717) is 5.56 Å². The Balaban J connectivity index is 1.74. The van der Waals surface area contributed by atoms with Gasteiger partial charge >= 0.3 is 5.97 Å². The molecule has 2 unspecified atom stereocenters. The van der Waals surface area contributed by atoms with Crippen LogP contribution in [0.25, 0.3) is 0 Å². The van der Waals surface area contributed by atoms with Crippen molar-refractivity contribution < 1.29 is 19.1 Å². The van der Waals surface area contributed by atoms with Crippen molar-refractivity contribution in [3.05, 3.63) is 35.6 Å². The molecule has 1 amide bonds.